The Bertz CT molecular complexity index is 592. The van der Waals surface area contributed by atoms with E-state index in [1.165, 1.54) is 0 Å². The van der Waals surface area contributed by atoms with Gasteiger partial charge in [-0.25, -0.2) is 0 Å². The summed E-state index contributed by atoms with van der Waals surface area (Å²) in [6.45, 7) is 2.79. The van der Waals surface area contributed by atoms with Gasteiger partial charge < -0.3 is 10.6 Å². The van der Waals surface area contributed by atoms with Crippen molar-refractivity contribution < 1.29 is 4.79 Å². The Hall–Kier alpha value is -1.87. The van der Waals surface area contributed by atoms with Crippen molar-refractivity contribution in [3.05, 3.63) is 42.0 Å². The molecule has 1 unspecified atom stereocenters. The highest BCUT2D eigenvalue weighted by Gasteiger charge is 2.30. The minimum Gasteiger partial charge on any atom is -0.324 e. The summed E-state index contributed by atoms with van der Waals surface area (Å²) >= 11 is 0. The second-order valence-electron chi connectivity index (χ2n) is 4.23. The van der Waals surface area contributed by atoms with E-state index in [1.807, 2.05) is 31.2 Å². The number of carbonyl (C=O) groups excluding carboxylic acids is 1. The van der Waals surface area contributed by atoms with Crippen molar-refractivity contribution in [3.63, 3.8) is 0 Å². The van der Waals surface area contributed by atoms with Crippen LogP contribution in [0.5, 0.6) is 0 Å². The molecule has 1 atom stereocenters. The summed E-state index contributed by atoms with van der Waals surface area (Å²) in [5, 5.41) is 8.44. The lowest BCUT2D eigenvalue weighted by atomic mass is 10.0. The van der Waals surface area contributed by atoms with Crippen molar-refractivity contribution in [2.24, 2.45) is 0 Å². The molecule has 0 fully saturated rings. The van der Waals surface area contributed by atoms with E-state index in [2.05, 4.69) is 22.8 Å². The zero-order valence-corrected chi connectivity index (χ0v) is 9.66. The minimum absolute atomic E-state index is 0.0400. The second kappa shape index (κ2) is 3.86. The fraction of sp³-hybridized carbons (Fsp3) is 0.214. The maximum atomic E-state index is 11.9. The number of rotatable bonds is 2. The van der Waals surface area contributed by atoms with Gasteiger partial charge in [0.1, 0.15) is 6.04 Å². The monoisotopic (exact) mass is 226 g/mol. The molecule has 0 radical (unpaired) electrons. The van der Waals surface area contributed by atoms with Crippen molar-refractivity contribution in [2.45, 2.75) is 13.0 Å². The molecule has 3 heteroatoms. The van der Waals surface area contributed by atoms with Gasteiger partial charge in [0.2, 0.25) is 5.91 Å². The summed E-state index contributed by atoms with van der Waals surface area (Å²) in [6, 6.07) is 12.0. The van der Waals surface area contributed by atoms with Crippen LogP contribution < -0.4 is 10.6 Å². The largest absolute Gasteiger partial charge is 0.324 e. The summed E-state index contributed by atoms with van der Waals surface area (Å²) in [5.74, 6) is 0.0400. The van der Waals surface area contributed by atoms with E-state index in [1.54, 1.807) is 0 Å². The highest BCUT2D eigenvalue weighted by atomic mass is 16.2. The minimum atomic E-state index is -0.209. The zero-order chi connectivity index (χ0) is 11.8. The van der Waals surface area contributed by atoms with Crippen LogP contribution in [0, 0.1) is 0 Å². The van der Waals surface area contributed by atoms with E-state index in [9.17, 15) is 4.79 Å². The SMILES string of the molecule is CCNC1C(=O)Nc2c1ccc1ccccc21. The quantitative estimate of drug-likeness (QED) is 0.825. The van der Waals surface area contributed by atoms with E-state index in [4.69, 9.17) is 0 Å². The average Bonchev–Trinajstić information content (AvgIpc) is 2.67. The van der Waals surface area contributed by atoms with Crippen LogP contribution in [-0.2, 0) is 4.79 Å². The Morgan fingerprint density at radius 1 is 1.24 bits per heavy atom. The van der Waals surface area contributed by atoms with Gasteiger partial charge in [-0.15, -0.1) is 0 Å². The summed E-state index contributed by atoms with van der Waals surface area (Å²) in [6.07, 6.45) is 0. The molecule has 2 aromatic rings. The lowest BCUT2D eigenvalue weighted by molar-refractivity contribution is -0.117. The molecule has 17 heavy (non-hydrogen) atoms. The van der Waals surface area contributed by atoms with Crippen LogP contribution in [0.2, 0.25) is 0 Å². The molecule has 1 aliphatic rings. The molecule has 2 N–H and O–H groups in total. The topological polar surface area (TPSA) is 41.1 Å². The summed E-state index contributed by atoms with van der Waals surface area (Å²) < 4.78 is 0. The number of hydrogen-bond donors (Lipinski definition) is 2. The Morgan fingerprint density at radius 3 is 2.88 bits per heavy atom. The molecule has 1 amide bonds. The number of carbonyl (C=O) groups is 1. The Balaban J connectivity index is 2.20. The average molecular weight is 226 g/mol. The molecule has 0 saturated carbocycles. The predicted molar refractivity (Wildman–Crippen MR) is 69.0 cm³/mol. The van der Waals surface area contributed by atoms with E-state index < -0.39 is 0 Å². The lowest BCUT2D eigenvalue weighted by Gasteiger charge is -2.09. The molecule has 86 valence electrons. The third-order valence-corrected chi connectivity index (χ3v) is 3.19. The lowest BCUT2D eigenvalue weighted by Crippen LogP contribution is -2.27. The molecule has 2 aromatic carbocycles. The fourth-order valence-electron chi connectivity index (χ4n) is 2.41. The predicted octanol–water partition coefficient (Wildman–Crippen LogP) is 2.44. The van der Waals surface area contributed by atoms with Gasteiger partial charge >= 0.3 is 0 Å². The molecule has 1 heterocycles. The van der Waals surface area contributed by atoms with Gasteiger partial charge in [-0.05, 0) is 11.9 Å². The number of benzene rings is 2. The van der Waals surface area contributed by atoms with Crippen molar-refractivity contribution in [1.29, 1.82) is 0 Å². The van der Waals surface area contributed by atoms with Crippen LogP contribution in [0.4, 0.5) is 5.69 Å². The summed E-state index contributed by atoms with van der Waals surface area (Å²) in [7, 11) is 0. The number of likely N-dealkylation sites (N-methyl/N-ethyl adjacent to an activating group) is 1. The smallest absolute Gasteiger partial charge is 0.246 e. The van der Waals surface area contributed by atoms with Crippen molar-refractivity contribution in [3.8, 4) is 0 Å². The molecule has 3 rings (SSSR count). The Morgan fingerprint density at radius 2 is 2.06 bits per heavy atom. The molecular formula is C14H14N2O. The Kier molecular flexibility index (Phi) is 2.34. The third-order valence-electron chi connectivity index (χ3n) is 3.19. The second-order valence-corrected chi connectivity index (χ2v) is 4.23. The van der Waals surface area contributed by atoms with Gasteiger partial charge in [-0.2, -0.15) is 0 Å². The highest BCUT2D eigenvalue weighted by Crippen LogP contribution is 2.36. The van der Waals surface area contributed by atoms with E-state index in [-0.39, 0.29) is 11.9 Å². The summed E-state index contributed by atoms with van der Waals surface area (Å²) in [4.78, 5) is 11.9. The van der Waals surface area contributed by atoms with E-state index in [0.29, 0.717) is 0 Å². The number of nitrogens with one attached hydrogen (secondary N) is 2. The van der Waals surface area contributed by atoms with Crippen LogP contribution in [-0.4, -0.2) is 12.5 Å². The van der Waals surface area contributed by atoms with Crippen molar-refractivity contribution in [2.75, 3.05) is 11.9 Å². The van der Waals surface area contributed by atoms with Crippen molar-refractivity contribution >= 4 is 22.4 Å². The van der Waals surface area contributed by atoms with Crippen LogP contribution in [0.15, 0.2) is 36.4 Å². The maximum absolute atomic E-state index is 11.9. The first kappa shape index (κ1) is 10.3. The van der Waals surface area contributed by atoms with Crippen molar-refractivity contribution in [1.82, 2.24) is 5.32 Å². The van der Waals surface area contributed by atoms with Gasteiger partial charge in [0, 0.05) is 10.9 Å². The number of amides is 1. The zero-order valence-electron chi connectivity index (χ0n) is 9.66. The normalized spacial score (nSPS) is 18.2. The number of anilines is 1. The molecule has 1 aliphatic heterocycles. The maximum Gasteiger partial charge on any atom is 0.246 e. The van der Waals surface area contributed by atoms with Crippen LogP contribution >= 0.6 is 0 Å². The van der Waals surface area contributed by atoms with Gasteiger partial charge in [-0.1, -0.05) is 43.3 Å². The number of fused-ring (bicyclic) bond motifs is 3. The molecule has 3 nitrogen and oxygen atoms in total. The number of hydrogen-bond acceptors (Lipinski definition) is 2. The molecule has 0 bridgehead atoms. The van der Waals surface area contributed by atoms with Gasteiger partial charge in [-0.3, -0.25) is 4.79 Å². The van der Waals surface area contributed by atoms with Crippen LogP contribution in [0.3, 0.4) is 0 Å². The van der Waals surface area contributed by atoms with Gasteiger partial charge in [0.15, 0.2) is 0 Å². The van der Waals surface area contributed by atoms with Gasteiger partial charge in [0.05, 0.1) is 5.69 Å². The highest BCUT2D eigenvalue weighted by molar-refractivity contribution is 6.11. The van der Waals surface area contributed by atoms with E-state index >= 15 is 0 Å². The first-order chi connectivity index (χ1) is 8.31. The van der Waals surface area contributed by atoms with Crippen LogP contribution in [0.1, 0.15) is 18.5 Å². The van der Waals surface area contributed by atoms with E-state index in [0.717, 1.165) is 28.6 Å². The molecule has 0 aliphatic carbocycles. The van der Waals surface area contributed by atoms with Crippen LogP contribution in [0.25, 0.3) is 10.8 Å². The molecular weight excluding hydrogens is 212 g/mol. The Labute approximate surface area is 99.8 Å². The molecule has 0 spiro atoms. The first-order valence-corrected chi connectivity index (χ1v) is 5.87. The fourth-order valence-corrected chi connectivity index (χ4v) is 2.41. The third kappa shape index (κ3) is 1.51. The molecule has 0 aromatic heterocycles. The molecule has 0 saturated heterocycles. The summed E-state index contributed by atoms with van der Waals surface area (Å²) in [5.41, 5.74) is 2.01. The van der Waals surface area contributed by atoms with Gasteiger partial charge in [0.25, 0.3) is 0 Å². The first-order valence-electron chi connectivity index (χ1n) is 5.87. The standard InChI is InChI=1S/C14H14N2O/c1-2-15-13-11-8-7-9-5-3-4-6-10(9)12(11)16-14(13)17/h3-8,13,15H,2H2,1H3,(H,16,17).